The van der Waals surface area contributed by atoms with Gasteiger partial charge in [0.2, 0.25) is 10.0 Å². The SMILES string of the molecule is CC(OC(=O)c1ccc(N2CCCS2(=O)=O)cc1)C(=O)N(C)c1ccccc1. The van der Waals surface area contributed by atoms with E-state index in [4.69, 9.17) is 4.74 Å². The number of nitrogens with zero attached hydrogens (tertiary/aromatic N) is 2. The first-order chi connectivity index (χ1) is 13.3. The van der Waals surface area contributed by atoms with E-state index in [1.807, 2.05) is 18.2 Å². The normalized spacial score (nSPS) is 16.4. The summed E-state index contributed by atoms with van der Waals surface area (Å²) in [7, 11) is -1.65. The second-order valence-corrected chi connectivity index (χ2v) is 8.58. The van der Waals surface area contributed by atoms with E-state index in [-0.39, 0.29) is 17.2 Å². The third kappa shape index (κ3) is 4.17. The third-order valence-electron chi connectivity index (χ3n) is 4.60. The Morgan fingerprint density at radius 3 is 2.29 bits per heavy atom. The molecule has 0 saturated carbocycles. The predicted molar refractivity (Wildman–Crippen MR) is 107 cm³/mol. The first kappa shape index (κ1) is 19.9. The molecule has 0 N–H and O–H groups in total. The quantitative estimate of drug-likeness (QED) is 0.718. The summed E-state index contributed by atoms with van der Waals surface area (Å²) in [5.74, 6) is -0.858. The van der Waals surface area contributed by atoms with Gasteiger partial charge in [-0.15, -0.1) is 0 Å². The number of hydrogen-bond acceptors (Lipinski definition) is 5. The van der Waals surface area contributed by atoms with Crippen LogP contribution in [0.1, 0.15) is 23.7 Å². The number of ether oxygens (including phenoxy) is 1. The Balaban J connectivity index is 1.65. The average Bonchev–Trinajstić information content (AvgIpc) is 3.06. The molecular formula is C20H22N2O5S. The number of benzene rings is 2. The van der Waals surface area contributed by atoms with Crippen molar-refractivity contribution in [1.82, 2.24) is 0 Å². The lowest BCUT2D eigenvalue weighted by atomic mass is 10.2. The number of para-hydroxylation sites is 1. The minimum Gasteiger partial charge on any atom is -0.449 e. The van der Waals surface area contributed by atoms with Crippen LogP contribution < -0.4 is 9.21 Å². The van der Waals surface area contributed by atoms with Crippen LogP contribution >= 0.6 is 0 Å². The maximum atomic E-state index is 12.5. The summed E-state index contributed by atoms with van der Waals surface area (Å²) in [6.45, 7) is 1.95. The second-order valence-electron chi connectivity index (χ2n) is 6.57. The molecule has 8 heteroatoms. The van der Waals surface area contributed by atoms with Gasteiger partial charge >= 0.3 is 5.97 Å². The molecule has 0 aliphatic carbocycles. The molecule has 1 amide bonds. The smallest absolute Gasteiger partial charge is 0.338 e. The summed E-state index contributed by atoms with van der Waals surface area (Å²) >= 11 is 0. The van der Waals surface area contributed by atoms with E-state index in [0.29, 0.717) is 24.3 Å². The Kier molecular flexibility index (Phi) is 5.69. The van der Waals surface area contributed by atoms with Crippen molar-refractivity contribution in [2.45, 2.75) is 19.4 Å². The third-order valence-corrected chi connectivity index (χ3v) is 6.47. The lowest BCUT2D eigenvalue weighted by Gasteiger charge is -2.21. The standard InChI is InChI=1S/C20H22N2O5S/c1-15(19(23)21(2)17-7-4-3-5-8-17)27-20(24)16-9-11-18(12-10-16)22-13-6-14-28(22,25)26/h3-5,7-12,15H,6,13-14H2,1-2H3. The molecule has 0 aromatic heterocycles. The Morgan fingerprint density at radius 1 is 1.07 bits per heavy atom. The molecule has 0 radical (unpaired) electrons. The zero-order chi connectivity index (χ0) is 20.3. The number of sulfonamides is 1. The van der Waals surface area contributed by atoms with Crippen LogP contribution in [0.5, 0.6) is 0 Å². The molecule has 1 heterocycles. The van der Waals surface area contributed by atoms with Gasteiger partial charge in [-0.1, -0.05) is 18.2 Å². The van der Waals surface area contributed by atoms with Gasteiger partial charge in [0, 0.05) is 19.3 Å². The number of carbonyl (C=O) groups is 2. The van der Waals surface area contributed by atoms with Crippen molar-refractivity contribution in [3.63, 3.8) is 0 Å². The number of hydrogen-bond donors (Lipinski definition) is 0. The fraction of sp³-hybridized carbons (Fsp3) is 0.300. The maximum Gasteiger partial charge on any atom is 0.338 e. The van der Waals surface area contributed by atoms with E-state index < -0.39 is 22.1 Å². The summed E-state index contributed by atoms with van der Waals surface area (Å²) in [4.78, 5) is 26.3. The van der Waals surface area contributed by atoms with Gasteiger partial charge in [-0.3, -0.25) is 9.10 Å². The summed E-state index contributed by atoms with van der Waals surface area (Å²) < 4.78 is 30.6. The first-order valence-electron chi connectivity index (χ1n) is 8.93. The molecule has 1 saturated heterocycles. The molecule has 148 valence electrons. The highest BCUT2D eigenvalue weighted by atomic mass is 32.2. The van der Waals surface area contributed by atoms with Gasteiger partial charge in [0.05, 0.1) is 17.0 Å². The van der Waals surface area contributed by atoms with Crippen molar-refractivity contribution in [1.29, 1.82) is 0 Å². The molecule has 1 fully saturated rings. The van der Waals surface area contributed by atoms with Crippen LogP contribution in [0, 0.1) is 0 Å². The van der Waals surface area contributed by atoms with Crippen molar-refractivity contribution in [3.05, 3.63) is 60.2 Å². The molecule has 28 heavy (non-hydrogen) atoms. The molecule has 1 unspecified atom stereocenters. The summed E-state index contributed by atoms with van der Waals surface area (Å²) in [6, 6.07) is 15.2. The van der Waals surface area contributed by atoms with Gasteiger partial charge in [-0.05, 0) is 49.7 Å². The monoisotopic (exact) mass is 402 g/mol. The van der Waals surface area contributed by atoms with Gasteiger partial charge in [0.25, 0.3) is 5.91 Å². The van der Waals surface area contributed by atoms with Crippen LogP contribution in [0.4, 0.5) is 11.4 Å². The van der Waals surface area contributed by atoms with Crippen LogP contribution in [-0.4, -0.2) is 45.7 Å². The van der Waals surface area contributed by atoms with Crippen LogP contribution in [0.3, 0.4) is 0 Å². The number of likely N-dealkylation sites (N-methyl/N-ethyl adjacent to an activating group) is 1. The lowest BCUT2D eigenvalue weighted by Crippen LogP contribution is -2.37. The van der Waals surface area contributed by atoms with E-state index in [2.05, 4.69) is 0 Å². The van der Waals surface area contributed by atoms with E-state index in [1.54, 1.807) is 31.3 Å². The summed E-state index contributed by atoms with van der Waals surface area (Å²) in [5.41, 5.74) is 1.47. The highest BCUT2D eigenvalue weighted by Crippen LogP contribution is 2.24. The van der Waals surface area contributed by atoms with Gasteiger partial charge in [-0.25, -0.2) is 13.2 Å². The fourth-order valence-electron chi connectivity index (χ4n) is 3.02. The van der Waals surface area contributed by atoms with Gasteiger partial charge < -0.3 is 9.64 Å². The molecule has 3 rings (SSSR count). The molecular weight excluding hydrogens is 380 g/mol. The average molecular weight is 402 g/mol. The number of esters is 1. The van der Waals surface area contributed by atoms with E-state index in [0.717, 1.165) is 0 Å². The minimum absolute atomic E-state index is 0.130. The zero-order valence-electron chi connectivity index (χ0n) is 15.7. The van der Waals surface area contributed by atoms with Crippen LogP contribution in [-0.2, 0) is 19.6 Å². The number of rotatable bonds is 5. The Morgan fingerprint density at radius 2 is 1.71 bits per heavy atom. The molecule has 0 spiro atoms. The Labute approximate surface area is 164 Å². The minimum atomic E-state index is -3.27. The summed E-state index contributed by atoms with van der Waals surface area (Å²) in [5, 5.41) is 0. The highest BCUT2D eigenvalue weighted by Gasteiger charge is 2.28. The van der Waals surface area contributed by atoms with Crippen LogP contribution in [0.2, 0.25) is 0 Å². The summed E-state index contributed by atoms with van der Waals surface area (Å²) in [6.07, 6.45) is -0.378. The van der Waals surface area contributed by atoms with Crippen molar-refractivity contribution in [2.75, 3.05) is 28.6 Å². The van der Waals surface area contributed by atoms with Crippen molar-refractivity contribution in [3.8, 4) is 0 Å². The largest absolute Gasteiger partial charge is 0.449 e. The molecule has 7 nitrogen and oxygen atoms in total. The fourth-order valence-corrected chi connectivity index (χ4v) is 4.59. The maximum absolute atomic E-state index is 12.5. The van der Waals surface area contributed by atoms with Crippen molar-refractivity contribution < 1.29 is 22.7 Å². The van der Waals surface area contributed by atoms with Gasteiger partial charge in [0.1, 0.15) is 0 Å². The van der Waals surface area contributed by atoms with E-state index in [1.165, 1.54) is 28.3 Å². The van der Waals surface area contributed by atoms with E-state index >= 15 is 0 Å². The Hall–Kier alpha value is -2.87. The molecule has 2 aromatic rings. The first-order valence-corrected chi connectivity index (χ1v) is 10.5. The topological polar surface area (TPSA) is 84.0 Å². The molecule has 1 atom stereocenters. The van der Waals surface area contributed by atoms with Crippen LogP contribution in [0.15, 0.2) is 54.6 Å². The van der Waals surface area contributed by atoms with E-state index in [9.17, 15) is 18.0 Å². The molecule has 0 bridgehead atoms. The van der Waals surface area contributed by atoms with Crippen LogP contribution in [0.25, 0.3) is 0 Å². The number of carbonyl (C=O) groups excluding carboxylic acids is 2. The van der Waals surface area contributed by atoms with Crippen molar-refractivity contribution in [2.24, 2.45) is 0 Å². The van der Waals surface area contributed by atoms with Gasteiger partial charge in [-0.2, -0.15) is 0 Å². The van der Waals surface area contributed by atoms with Crippen molar-refractivity contribution >= 4 is 33.3 Å². The number of anilines is 2. The number of amides is 1. The van der Waals surface area contributed by atoms with Gasteiger partial charge in [0.15, 0.2) is 6.10 Å². The Bertz CT molecular complexity index is 958. The zero-order valence-corrected chi connectivity index (χ0v) is 16.6. The molecule has 1 aliphatic rings. The predicted octanol–water partition coefficient (Wildman–Crippen LogP) is 2.43. The highest BCUT2D eigenvalue weighted by molar-refractivity contribution is 7.93. The molecule has 1 aliphatic heterocycles. The second kappa shape index (κ2) is 8.02. The lowest BCUT2D eigenvalue weighted by molar-refractivity contribution is -0.126. The molecule has 2 aromatic carbocycles.